The Balaban J connectivity index is 2.23. The first-order valence-corrected chi connectivity index (χ1v) is 8.14. The van der Waals surface area contributed by atoms with Crippen molar-refractivity contribution in [3.8, 4) is 5.75 Å². The first-order valence-electron chi connectivity index (χ1n) is 7.32. The molecule has 1 heterocycles. The van der Waals surface area contributed by atoms with Gasteiger partial charge in [0.25, 0.3) is 0 Å². The van der Waals surface area contributed by atoms with Crippen LogP contribution in [0.4, 0.5) is 4.39 Å². The lowest BCUT2D eigenvalue weighted by Gasteiger charge is -2.17. The molecule has 1 aromatic heterocycles. The number of benzene rings is 1. The Morgan fingerprint density at radius 3 is 2.67 bits per heavy atom. The summed E-state index contributed by atoms with van der Waals surface area (Å²) in [5.41, 5.74) is 0.687. The van der Waals surface area contributed by atoms with Crippen LogP contribution in [0.15, 0.2) is 30.3 Å². The molecule has 21 heavy (non-hydrogen) atoms. The average molecular weight is 307 g/mol. The molecular formula is C17H22FNOS. The Kier molecular flexibility index (Phi) is 5.76. The van der Waals surface area contributed by atoms with Crippen molar-refractivity contribution in [2.75, 3.05) is 13.7 Å². The highest BCUT2D eigenvalue weighted by molar-refractivity contribution is 7.12. The second-order valence-corrected chi connectivity index (χ2v) is 6.11. The summed E-state index contributed by atoms with van der Waals surface area (Å²) in [5, 5.41) is 3.45. The zero-order chi connectivity index (χ0) is 15.2. The maximum Gasteiger partial charge on any atom is 0.168 e. The number of hydrogen-bond donors (Lipinski definition) is 1. The van der Waals surface area contributed by atoms with Crippen LogP contribution >= 0.6 is 11.3 Å². The fourth-order valence-electron chi connectivity index (χ4n) is 2.38. The first-order chi connectivity index (χ1) is 10.2. The molecule has 1 unspecified atom stereocenters. The molecule has 114 valence electrons. The molecule has 0 amide bonds. The Morgan fingerprint density at radius 1 is 1.24 bits per heavy atom. The summed E-state index contributed by atoms with van der Waals surface area (Å²) in [6.07, 6.45) is 1.66. The minimum Gasteiger partial charge on any atom is -0.494 e. The lowest BCUT2D eigenvalue weighted by atomic mass is 10.0. The van der Waals surface area contributed by atoms with Gasteiger partial charge in [-0.3, -0.25) is 0 Å². The Bertz CT molecular complexity index is 582. The largest absolute Gasteiger partial charge is 0.494 e. The summed E-state index contributed by atoms with van der Waals surface area (Å²) in [7, 11) is 1.50. The molecule has 0 saturated carbocycles. The van der Waals surface area contributed by atoms with E-state index in [1.54, 1.807) is 17.4 Å². The van der Waals surface area contributed by atoms with Crippen LogP contribution in [0.25, 0.3) is 0 Å². The van der Waals surface area contributed by atoms with Crippen LogP contribution in [0.2, 0.25) is 0 Å². The highest BCUT2D eigenvalue weighted by Crippen LogP contribution is 2.29. The lowest BCUT2D eigenvalue weighted by Crippen LogP contribution is -2.22. The van der Waals surface area contributed by atoms with Crippen molar-refractivity contribution >= 4 is 11.3 Å². The summed E-state index contributed by atoms with van der Waals surface area (Å²) < 4.78 is 19.4. The van der Waals surface area contributed by atoms with Crippen molar-refractivity contribution in [3.63, 3.8) is 0 Å². The molecule has 0 aliphatic heterocycles. The molecule has 1 atom stereocenters. The van der Waals surface area contributed by atoms with E-state index < -0.39 is 0 Å². The van der Waals surface area contributed by atoms with Gasteiger partial charge in [0.2, 0.25) is 0 Å². The van der Waals surface area contributed by atoms with Gasteiger partial charge in [0.1, 0.15) is 0 Å². The minimum atomic E-state index is -0.254. The highest BCUT2D eigenvalue weighted by atomic mass is 32.1. The van der Waals surface area contributed by atoms with E-state index in [4.69, 9.17) is 4.74 Å². The molecular weight excluding hydrogens is 285 g/mol. The summed E-state index contributed by atoms with van der Waals surface area (Å²) in [6, 6.07) is 9.77. The maximum absolute atomic E-state index is 14.3. The van der Waals surface area contributed by atoms with Crippen LogP contribution in [-0.2, 0) is 12.8 Å². The standard InChI is InChI=1S/C17H22FNOS/c1-4-13-9-10-16(21-13)14(19-5-2)11-12-7-6-8-15(20-3)17(12)18/h6-10,14,19H,4-5,11H2,1-3H3. The average Bonchev–Trinajstić information content (AvgIpc) is 2.97. The Hall–Kier alpha value is -1.39. The molecule has 2 nitrogen and oxygen atoms in total. The van der Waals surface area contributed by atoms with Crippen LogP contribution in [0.5, 0.6) is 5.75 Å². The van der Waals surface area contributed by atoms with Crippen molar-refractivity contribution in [3.05, 3.63) is 51.5 Å². The molecule has 0 spiro atoms. The lowest BCUT2D eigenvalue weighted by molar-refractivity contribution is 0.382. The topological polar surface area (TPSA) is 21.3 Å². The molecule has 0 radical (unpaired) electrons. The summed E-state index contributed by atoms with van der Waals surface area (Å²) in [6.45, 7) is 5.08. The predicted octanol–water partition coefficient (Wildman–Crippen LogP) is 4.35. The van der Waals surface area contributed by atoms with Gasteiger partial charge in [0, 0.05) is 15.8 Å². The monoisotopic (exact) mass is 307 g/mol. The van der Waals surface area contributed by atoms with Gasteiger partial charge < -0.3 is 10.1 Å². The molecule has 1 aromatic carbocycles. The quantitative estimate of drug-likeness (QED) is 0.821. The third-order valence-electron chi connectivity index (χ3n) is 3.51. The molecule has 0 aliphatic carbocycles. The first kappa shape index (κ1) is 16.0. The van der Waals surface area contributed by atoms with E-state index in [0.29, 0.717) is 17.7 Å². The Morgan fingerprint density at radius 2 is 2.05 bits per heavy atom. The molecule has 4 heteroatoms. The van der Waals surface area contributed by atoms with Gasteiger partial charge in [-0.05, 0) is 43.1 Å². The van der Waals surface area contributed by atoms with E-state index in [9.17, 15) is 4.39 Å². The van der Waals surface area contributed by atoms with E-state index in [2.05, 4.69) is 31.3 Å². The number of ether oxygens (including phenoxy) is 1. The number of methoxy groups -OCH3 is 1. The Labute approximate surface area is 130 Å². The second-order valence-electron chi connectivity index (χ2n) is 4.91. The number of hydrogen-bond acceptors (Lipinski definition) is 3. The SMILES string of the molecule is CCNC(Cc1cccc(OC)c1F)c1ccc(CC)s1. The fraction of sp³-hybridized carbons (Fsp3) is 0.412. The van der Waals surface area contributed by atoms with Crippen molar-refractivity contribution in [2.45, 2.75) is 32.7 Å². The predicted molar refractivity (Wildman–Crippen MR) is 86.8 cm³/mol. The molecule has 0 saturated heterocycles. The van der Waals surface area contributed by atoms with Gasteiger partial charge in [0.15, 0.2) is 11.6 Å². The van der Waals surface area contributed by atoms with Crippen molar-refractivity contribution in [1.29, 1.82) is 0 Å². The van der Waals surface area contributed by atoms with Crippen LogP contribution in [0.1, 0.15) is 35.2 Å². The second kappa shape index (κ2) is 7.57. The van der Waals surface area contributed by atoms with Crippen LogP contribution in [0.3, 0.4) is 0 Å². The number of nitrogens with one attached hydrogen (secondary N) is 1. The van der Waals surface area contributed by atoms with E-state index in [1.165, 1.54) is 16.9 Å². The van der Waals surface area contributed by atoms with Crippen molar-refractivity contribution < 1.29 is 9.13 Å². The van der Waals surface area contributed by atoms with Gasteiger partial charge in [0.05, 0.1) is 7.11 Å². The van der Waals surface area contributed by atoms with Crippen molar-refractivity contribution in [1.82, 2.24) is 5.32 Å². The van der Waals surface area contributed by atoms with Crippen molar-refractivity contribution in [2.24, 2.45) is 0 Å². The zero-order valence-electron chi connectivity index (χ0n) is 12.8. The fourth-order valence-corrected chi connectivity index (χ4v) is 3.41. The minimum absolute atomic E-state index is 0.141. The molecule has 2 rings (SSSR count). The summed E-state index contributed by atoms with van der Waals surface area (Å²) in [4.78, 5) is 2.62. The van der Waals surface area contributed by atoms with E-state index in [0.717, 1.165) is 13.0 Å². The number of halogens is 1. The smallest absolute Gasteiger partial charge is 0.168 e. The van der Waals surface area contributed by atoms with E-state index in [1.807, 2.05) is 12.1 Å². The van der Waals surface area contributed by atoms with Crippen LogP contribution < -0.4 is 10.1 Å². The normalized spacial score (nSPS) is 12.4. The molecule has 2 aromatic rings. The number of likely N-dealkylation sites (N-methyl/N-ethyl adjacent to an activating group) is 1. The summed E-state index contributed by atoms with van der Waals surface area (Å²) >= 11 is 1.80. The number of rotatable bonds is 7. The number of aryl methyl sites for hydroxylation is 1. The van der Waals surface area contributed by atoms with E-state index >= 15 is 0 Å². The third-order valence-corrected chi connectivity index (χ3v) is 4.86. The van der Waals surface area contributed by atoms with Gasteiger partial charge in [-0.15, -0.1) is 11.3 Å². The van der Waals surface area contributed by atoms with Gasteiger partial charge in [-0.2, -0.15) is 0 Å². The van der Waals surface area contributed by atoms with Gasteiger partial charge in [-0.1, -0.05) is 26.0 Å². The zero-order valence-corrected chi connectivity index (χ0v) is 13.6. The van der Waals surface area contributed by atoms with Gasteiger partial charge >= 0.3 is 0 Å². The molecule has 1 N–H and O–H groups in total. The molecule has 0 aliphatic rings. The van der Waals surface area contributed by atoms with E-state index in [-0.39, 0.29) is 11.9 Å². The van der Waals surface area contributed by atoms with Crippen LogP contribution in [0, 0.1) is 5.82 Å². The molecule has 0 fully saturated rings. The maximum atomic E-state index is 14.3. The van der Waals surface area contributed by atoms with Crippen LogP contribution in [-0.4, -0.2) is 13.7 Å². The number of thiophene rings is 1. The van der Waals surface area contributed by atoms with Gasteiger partial charge in [-0.25, -0.2) is 4.39 Å². The highest BCUT2D eigenvalue weighted by Gasteiger charge is 2.17. The molecule has 0 bridgehead atoms. The summed E-state index contributed by atoms with van der Waals surface area (Å²) in [5.74, 6) is 0.0540. The third kappa shape index (κ3) is 3.83.